The van der Waals surface area contributed by atoms with E-state index in [9.17, 15) is 15.3 Å². The number of carbonyl (C=O) groups excluding carboxylic acids is 1. The number of benzene rings is 4. The maximum Gasteiger partial charge on any atom is 0.254 e. The van der Waals surface area contributed by atoms with E-state index in [2.05, 4.69) is 17.0 Å². The average Bonchev–Trinajstić information content (AvgIpc) is 3.03. The Balaban J connectivity index is 1.31. The van der Waals surface area contributed by atoms with Crippen LogP contribution in [0.5, 0.6) is 0 Å². The number of fused-ring (bicyclic) bond motifs is 1. The van der Waals surface area contributed by atoms with Gasteiger partial charge in [-0.15, -0.1) is 0 Å². The van der Waals surface area contributed by atoms with Gasteiger partial charge in [0.2, 0.25) is 0 Å². The van der Waals surface area contributed by atoms with Crippen LogP contribution in [-0.2, 0) is 0 Å². The SMILES string of the molecule is CN(C[C@@H](CCN1CCC(c2ccccc2[N+](C)(C)[O-])CC1)c1ccc(Cl)c(Cl)c1)C(=O)c1cc(C#N)cc2ccccc12. The number of amides is 1. The Kier molecular flexibility index (Phi) is 9.94. The molecule has 1 fully saturated rings. The lowest BCUT2D eigenvalue weighted by Gasteiger charge is -2.38. The van der Waals surface area contributed by atoms with Gasteiger partial charge < -0.3 is 19.7 Å². The molecule has 1 saturated heterocycles. The van der Waals surface area contributed by atoms with Crippen LogP contribution in [0.4, 0.5) is 5.69 Å². The minimum Gasteiger partial charge on any atom is -0.628 e. The van der Waals surface area contributed by atoms with Gasteiger partial charge in [-0.3, -0.25) is 4.79 Å². The molecule has 4 aromatic carbocycles. The van der Waals surface area contributed by atoms with Crippen LogP contribution in [0.1, 0.15) is 58.1 Å². The number of nitriles is 1. The molecular formula is C36H38Cl2N4O2. The molecule has 1 aliphatic rings. The second kappa shape index (κ2) is 13.7. The number of piperidine rings is 1. The van der Waals surface area contributed by atoms with Gasteiger partial charge in [-0.05, 0) is 91.5 Å². The molecule has 1 amide bonds. The molecule has 8 heteroatoms. The summed E-state index contributed by atoms with van der Waals surface area (Å²) in [5.74, 6) is 0.270. The first-order chi connectivity index (χ1) is 21.0. The van der Waals surface area contributed by atoms with Crippen molar-refractivity contribution in [2.24, 2.45) is 0 Å². The van der Waals surface area contributed by atoms with E-state index in [4.69, 9.17) is 23.2 Å². The zero-order chi connectivity index (χ0) is 31.4. The molecule has 0 spiro atoms. The quantitative estimate of drug-likeness (QED) is 0.138. The van der Waals surface area contributed by atoms with Crippen molar-refractivity contribution < 1.29 is 4.79 Å². The number of hydrogen-bond acceptors (Lipinski definition) is 4. The van der Waals surface area contributed by atoms with Crippen LogP contribution in [0.2, 0.25) is 10.0 Å². The van der Waals surface area contributed by atoms with Gasteiger partial charge in [0.1, 0.15) is 5.69 Å². The standard InChI is InChI=1S/C36H38Cl2N4O2/c1-40(36(43)32-21-25(23-39)20-28-8-4-5-9-30(28)32)24-29(27-12-13-33(37)34(38)22-27)16-19-41-17-14-26(15-18-41)31-10-6-7-11-35(31)42(2,3)44/h4-13,20-22,26,29H,14-19,24H2,1-3H3/t29-/m1/s1. The summed E-state index contributed by atoms with van der Waals surface area (Å²) in [4.78, 5) is 18.1. The molecule has 0 radical (unpaired) electrons. The van der Waals surface area contributed by atoms with Crippen molar-refractivity contribution >= 4 is 45.6 Å². The Bertz CT molecular complexity index is 1690. The molecule has 0 aromatic heterocycles. The van der Waals surface area contributed by atoms with E-state index in [1.54, 1.807) is 25.1 Å². The highest BCUT2D eigenvalue weighted by atomic mass is 35.5. The summed E-state index contributed by atoms with van der Waals surface area (Å²) < 4.78 is -0.426. The Labute approximate surface area is 270 Å². The predicted molar refractivity (Wildman–Crippen MR) is 181 cm³/mol. The molecule has 5 rings (SSSR count). The molecule has 0 N–H and O–H groups in total. The molecule has 228 valence electrons. The Morgan fingerprint density at radius 1 is 1.02 bits per heavy atom. The molecule has 1 heterocycles. The Morgan fingerprint density at radius 3 is 2.43 bits per heavy atom. The van der Waals surface area contributed by atoms with Crippen LogP contribution in [0.25, 0.3) is 10.8 Å². The summed E-state index contributed by atoms with van der Waals surface area (Å²) >= 11 is 12.7. The number of hydroxylamine groups is 2. The monoisotopic (exact) mass is 628 g/mol. The van der Waals surface area contributed by atoms with Gasteiger partial charge in [0, 0.05) is 30.6 Å². The van der Waals surface area contributed by atoms with Gasteiger partial charge in [0.05, 0.1) is 35.8 Å². The average molecular weight is 630 g/mol. The fourth-order valence-corrected chi connectivity index (χ4v) is 6.74. The summed E-state index contributed by atoms with van der Waals surface area (Å²) in [7, 11) is 5.18. The van der Waals surface area contributed by atoms with Crippen molar-refractivity contribution in [2.75, 3.05) is 47.3 Å². The molecule has 4 aromatic rings. The van der Waals surface area contributed by atoms with Gasteiger partial charge in [-0.25, -0.2) is 0 Å². The molecule has 1 aliphatic heterocycles. The van der Waals surface area contributed by atoms with Crippen LogP contribution in [0, 0.1) is 16.5 Å². The highest BCUT2D eigenvalue weighted by Gasteiger charge is 2.27. The van der Waals surface area contributed by atoms with E-state index in [0.717, 1.165) is 66.5 Å². The number of rotatable bonds is 9. The Hall–Kier alpha value is -3.44. The first kappa shape index (κ1) is 32.0. The normalized spacial score (nSPS) is 15.2. The number of nitrogens with zero attached hydrogens (tertiary/aromatic N) is 4. The second-order valence-corrected chi connectivity index (χ2v) is 13.0. The first-order valence-electron chi connectivity index (χ1n) is 15.0. The van der Waals surface area contributed by atoms with Crippen LogP contribution < -0.4 is 4.65 Å². The number of quaternary nitrogens is 1. The van der Waals surface area contributed by atoms with E-state index in [1.165, 1.54) is 0 Å². The van der Waals surface area contributed by atoms with E-state index in [1.807, 2.05) is 73.8 Å². The van der Waals surface area contributed by atoms with E-state index < -0.39 is 4.65 Å². The van der Waals surface area contributed by atoms with Crippen LogP contribution in [0.3, 0.4) is 0 Å². The first-order valence-corrected chi connectivity index (χ1v) is 15.8. The largest absolute Gasteiger partial charge is 0.628 e. The molecule has 44 heavy (non-hydrogen) atoms. The van der Waals surface area contributed by atoms with Gasteiger partial charge in [0.25, 0.3) is 5.91 Å². The van der Waals surface area contributed by atoms with Gasteiger partial charge in [-0.2, -0.15) is 5.26 Å². The molecule has 6 nitrogen and oxygen atoms in total. The third-order valence-electron chi connectivity index (χ3n) is 8.82. The zero-order valence-electron chi connectivity index (χ0n) is 25.5. The summed E-state index contributed by atoms with van der Waals surface area (Å²) in [5, 5.41) is 25.1. The van der Waals surface area contributed by atoms with Crippen molar-refractivity contribution in [3.63, 3.8) is 0 Å². The minimum absolute atomic E-state index is 0.0288. The molecule has 0 bridgehead atoms. The van der Waals surface area contributed by atoms with Gasteiger partial charge in [0.15, 0.2) is 0 Å². The van der Waals surface area contributed by atoms with Crippen molar-refractivity contribution in [2.45, 2.75) is 31.1 Å². The number of hydrogen-bond donors (Lipinski definition) is 0. The maximum atomic E-state index is 13.8. The van der Waals surface area contributed by atoms with E-state index in [0.29, 0.717) is 33.6 Å². The van der Waals surface area contributed by atoms with Crippen LogP contribution in [0.15, 0.2) is 78.9 Å². The molecule has 0 saturated carbocycles. The molecular weight excluding hydrogens is 591 g/mol. The third kappa shape index (κ3) is 7.26. The van der Waals surface area contributed by atoms with Crippen molar-refractivity contribution in [3.05, 3.63) is 116 Å². The summed E-state index contributed by atoms with van der Waals surface area (Å²) in [5.41, 5.74) is 4.02. The zero-order valence-corrected chi connectivity index (χ0v) is 27.0. The highest BCUT2D eigenvalue weighted by molar-refractivity contribution is 6.42. The minimum atomic E-state index is -0.426. The van der Waals surface area contributed by atoms with E-state index in [-0.39, 0.29) is 11.8 Å². The number of likely N-dealkylation sites (N-methyl/N-ethyl adjacent to an activating group) is 1. The maximum absolute atomic E-state index is 13.8. The summed E-state index contributed by atoms with van der Waals surface area (Å²) in [6, 6.07) is 27.1. The van der Waals surface area contributed by atoms with E-state index >= 15 is 0 Å². The molecule has 0 unspecified atom stereocenters. The number of likely N-dealkylation sites (tertiary alicyclic amines) is 1. The fourth-order valence-electron chi connectivity index (χ4n) is 6.43. The van der Waals surface area contributed by atoms with Crippen molar-refractivity contribution in [3.8, 4) is 6.07 Å². The second-order valence-electron chi connectivity index (χ2n) is 12.2. The van der Waals surface area contributed by atoms with Crippen molar-refractivity contribution in [1.82, 2.24) is 14.4 Å². The smallest absolute Gasteiger partial charge is 0.254 e. The number of para-hydroxylation sites is 1. The number of carbonyl (C=O) groups is 1. The third-order valence-corrected chi connectivity index (χ3v) is 9.55. The van der Waals surface area contributed by atoms with Gasteiger partial charge >= 0.3 is 0 Å². The number of halogens is 2. The van der Waals surface area contributed by atoms with Crippen molar-refractivity contribution in [1.29, 1.82) is 5.26 Å². The van der Waals surface area contributed by atoms with Gasteiger partial charge in [-0.1, -0.05) is 71.7 Å². The lowest BCUT2D eigenvalue weighted by atomic mass is 9.87. The molecule has 0 aliphatic carbocycles. The fraction of sp³-hybridized carbons (Fsp3) is 0.333. The van der Waals surface area contributed by atoms with Crippen LogP contribution >= 0.6 is 23.2 Å². The summed E-state index contributed by atoms with van der Waals surface area (Å²) in [6.45, 7) is 3.25. The topological polar surface area (TPSA) is 70.4 Å². The van der Waals surface area contributed by atoms with Crippen LogP contribution in [-0.4, -0.2) is 63.0 Å². The lowest BCUT2D eigenvalue weighted by Crippen LogP contribution is -2.37. The Morgan fingerprint density at radius 2 is 1.73 bits per heavy atom. The lowest BCUT2D eigenvalue weighted by molar-refractivity contribution is 0.0783. The predicted octanol–water partition coefficient (Wildman–Crippen LogP) is 8.21. The molecule has 1 atom stereocenters. The summed E-state index contributed by atoms with van der Waals surface area (Å²) in [6.07, 6.45) is 2.82. The highest BCUT2D eigenvalue weighted by Crippen LogP contribution is 2.36.